The lowest BCUT2D eigenvalue weighted by molar-refractivity contribution is 0.0950. The van der Waals surface area contributed by atoms with Crippen LogP contribution in [0, 0.1) is 13.8 Å². The van der Waals surface area contributed by atoms with Crippen LogP contribution in [0.1, 0.15) is 34.8 Å². The van der Waals surface area contributed by atoms with E-state index < -0.39 is 0 Å². The molecule has 0 heterocycles. The van der Waals surface area contributed by atoms with Crippen molar-refractivity contribution in [3.8, 4) is 0 Å². The Hall–Kier alpha value is -1.19. The molecule has 94 valence electrons. The summed E-state index contributed by atoms with van der Waals surface area (Å²) in [6.07, 6.45) is 0.671. The third kappa shape index (κ3) is 3.95. The summed E-state index contributed by atoms with van der Waals surface area (Å²) in [7, 11) is 0. The fourth-order valence-corrected chi connectivity index (χ4v) is 1.64. The van der Waals surface area contributed by atoms with Crippen LogP contribution in [-0.4, -0.2) is 30.1 Å². The van der Waals surface area contributed by atoms with Crippen molar-refractivity contribution in [1.29, 1.82) is 0 Å². The fraction of sp³-hybridized carbons (Fsp3) is 0.500. The number of aliphatic hydroxyl groups is 1. The van der Waals surface area contributed by atoms with E-state index in [1.807, 2.05) is 39.0 Å². The first kappa shape index (κ1) is 13.9. The number of rotatable bonds is 6. The molecule has 0 aromatic heterocycles. The topological polar surface area (TPSA) is 49.3 Å². The minimum atomic E-state index is -0.205. The zero-order valence-corrected chi connectivity index (χ0v) is 10.8. The number of carbonyl (C=O) groups is 1. The second-order valence-electron chi connectivity index (χ2n) is 4.42. The monoisotopic (exact) mass is 235 g/mol. The molecular weight excluding hydrogens is 214 g/mol. The smallest absolute Gasteiger partial charge is 0.179 e. The van der Waals surface area contributed by atoms with Gasteiger partial charge in [0.2, 0.25) is 0 Å². The van der Waals surface area contributed by atoms with Gasteiger partial charge < -0.3 is 10.4 Å². The molecule has 0 fully saturated rings. The largest absolute Gasteiger partial charge is 0.396 e. The van der Waals surface area contributed by atoms with Gasteiger partial charge in [0.05, 0.1) is 6.04 Å². The van der Waals surface area contributed by atoms with E-state index in [2.05, 4.69) is 5.32 Å². The van der Waals surface area contributed by atoms with E-state index in [0.717, 1.165) is 11.1 Å². The summed E-state index contributed by atoms with van der Waals surface area (Å²) in [5.74, 6) is 0.103. The Labute approximate surface area is 103 Å². The van der Waals surface area contributed by atoms with Crippen molar-refractivity contribution < 1.29 is 9.90 Å². The SMILES string of the molecule is Cc1ccc(C(=O)C(C)NCCCO)cc1C. The fourth-order valence-electron chi connectivity index (χ4n) is 1.64. The van der Waals surface area contributed by atoms with Crippen LogP contribution in [0.25, 0.3) is 0 Å². The van der Waals surface area contributed by atoms with Gasteiger partial charge in [-0.15, -0.1) is 0 Å². The van der Waals surface area contributed by atoms with Crippen molar-refractivity contribution in [2.45, 2.75) is 33.2 Å². The number of Topliss-reactive ketones (excluding diaryl/α,β-unsaturated/α-hetero) is 1. The van der Waals surface area contributed by atoms with E-state index >= 15 is 0 Å². The maximum atomic E-state index is 12.1. The highest BCUT2D eigenvalue weighted by Gasteiger charge is 2.14. The number of hydrogen-bond acceptors (Lipinski definition) is 3. The lowest BCUT2D eigenvalue weighted by atomic mass is 10.0. The minimum Gasteiger partial charge on any atom is -0.396 e. The van der Waals surface area contributed by atoms with Gasteiger partial charge in [0, 0.05) is 12.2 Å². The normalized spacial score (nSPS) is 12.5. The van der Waals surface area contributed by atoms with Gasteiger partial charge in [-0.05, 0) is 50.9 Å². The lowest BCUT2D eigenvalue weighted by Gasteiger charge is -2.13. The molecule has 1 unspecified atom stereocenters. The van der Waals surface area contributed by atoms with Crippen molar-refractivity contribution in [3.63, 3.8) is 0 Å². The van der Waals surface area contributed by atoms with Crippen LogP contribution in [0.15, 0.2) is 18.2 Å². The molecule has 0 aliphatic heterocycles. The second kappa shape index (κ2) is 6.52. The Morgan fingerprint density at radius 3 is 2.65 bits per heavy atom. The number of aliphatic hydroxyl groups excluding tert-OH is 1. The van der Waals surface area contributed by atoms with Crippen molar-refractivity contribution in [2.75, 3.05) is 13.2 Å². The Balaban J connectivity index is 2.65. The van der Waals surface area contributed by atoms with Crippen molar-refractivity contribution in [3.05, 3.63) is 34.9 Å². The van der Waals surface area contributed by atoms with Gasteiger partial charge in [-0.25, -0.2) is 0 Å². The standard InChI is InChI=1S/C14H21NO2/c1-10-5-6-13(9-11(10)2)14(17)12(3)15-7-4-8-16/h5-6,9,12,15-16H,4,7-8H2,1-3H3. The molecule has 0 radical (unpaired) electrons. The Bertz CT molecular complexity index is 388. The summed E-state index contributed by atoms with van der Waals surface area (Å²) in [5.41, 5.74) is 3.08. The van der Waals surface area contributed by atoms with Crippen molar-refractivity contribution in [1.82, 2.24) is 5.32 Å². The summed E-state index contributed by atoms with van der Waals surface area (Å²) in [5, 5.41) is 11.8. The van der Waals surface area contributed by atoms with Crippen LogP contribution in [0.5, 0.6) is 0 Å². The lowest BCUT2D eigenvalue weighted by Crippen LogP contribution is -2.35. The molecule has 0 aliphatic rings. The number of aryl methyl sites for hydroxylation is 2. The van der Waals surface area contributed by atoms with Gasteiger partial charge in [-0.2, -0.15) is 0 Å². The average molecular weight is 235 g/mol. The molecule has 1 rings (SSSR count). The first-order valence-corrected chi connectivity index (χ1v) is 6.02. The van der Waals surface area contributed by atoms with E-state index in [1.54, 1.807) is 0 Å². The highest BCUT2D eigenvalue weighted by Crippen LogP contribution is 2.11. The maximum Gasteiger partial charge on any atom is 0.179 e. The minimum absolute atomic E-state index is 0.103. The van der Waals surface area contributed by atoms with E-state index in [9.17, 15) is 4.79 Å². The highest BCUT2D eigenvalue weighted by molar-refractivity contribution is 6.00. The van der Waals surface area contributed by atoms with Gasteiger partial charge in [0.15, 0.2) is 5.78 Å². The Morgan fingerprint density at radius 2 is 2.06 bits per heavy atom. The molecule has 0 saturated carbocycles. The zero-order valence-electron chi connectivity index (χ0n) is 10.8. The van der Waals surface area contributed by atoms with Gasteiger partial charge in [-0.1, -0.05) is 12.1 Å². The van der Waals surface area contributed by atoms with Crippen molar-refractivity contribution >= 4 is 5.78 Å². The predicted molar refractivity (Wildman–Crippen MR) is 69.4 cm³/mol. The van der Waals surface area contributed by atoms with Gasteiger partial charge >= 0.3 is 0 Å². The molecule has 0 aliphatic carbocycles. The average Bonchev–Trinajstić information content (AvgIpc) is 2.32. The highest BCUT2D eigenvalue weighted by atomic mass is 16.3. The van der Waals surface area contributed by atoms with Crippen molar-refractivity contribution in [2.24, 2.45) is 0 Å². The van der Waals surface area contributed by atoms with Crippen LogP contribution < -0.4 is 5.32 Å². The molecule has 17 heavy (non-hydrogen) atoms. The maximum absolute atomic E-state index is 12.1. The summed E-state index contributed by atoms with van der Waals surface area (Å²) in [6.45, 7) is 6.71. The molecule has 0 spiro atoms. The van der Waals surface area contributed by atoms with Crippen LogP contribution in [0.2, 0.25) is 0 Å². The molecule has 3 nitrogen and oxygen atoms in total. The number of benzene rings is 1. The van der Waals surface area contributed by atoms with Gasteiger partial charge in [0.1, 0.15) is 0 Å². The summed E-state index contributed by atoms with van der Waals surface area (Å²) in [6, 6.07) is 5.57. The molecule has 0 amide bonds. The quantitative estimate of drug-likeness (QED) is 0.584. The summed E-state index contributed by atoms with van der Waals surface area (Å²) < 4.78 is 0. The zero-order chi connectivity index (χ0) is 12.8. The number of hydrogen-bond donors (Lipinski definition) is 2. The van der Waals surface area contributed by atoms with E-state index in [4.69, 9.17) is 5.11 Å². The molecular formula is C14H21NO2. The molecule has 2 N–H and O–H groups in total. The van der Waals surface area contributed by atoms with E-state index in [1.165, 1.54) is 5.56 Å². The first-order valence-electron chi connectivity index (χ1n) is 6.02. The molecule has 0 saturated heterocycles. The molecule has 1 atom stereocenters. The van der Waals surface area contributed by atoms with Crippen LogP contribution in [0.3, 0.4) is 0 Å². The van der Waals surface area contributed by atoms with Crippen LogP contribution in [-0.2, 0) is 0 Å². The Kier molecular flexibility index (Phi) is 5.32. The van der Waals surface area contributed by atoms with Crippen LogP contribution >= 0.6 is 0 Å². The Morgan fingerprint density at radius 1 is 1.35 bits per heavy atom. The third-order valence-corrected chi connectivity index (χ3v) is 2.97. The molecule has 1 aromatic carbocycles. The molecule has 0 bridgehead atoms. The first-order chi connectivity index (χ1) is 8.06. The number of carbonyl (C=O) groups excluding carboxylic acids is 1. The van der Waals surface area contributed by atoms with Crippen LogP contribution in [0.4, 0.5) is 0 Å². The van der Waals surface area contributed by atoms with Gasteiger partial charge in [-0.3, -0.25) is 4.79 Å². The third-order valence-electron chi connectivity index (χ3n) is 2.97. The predicted octanol–water partition coefficient (Wildman–Crippen LogP) is 1.85. The second-order valence-corrected chi connectivity index (χ2v) is 4.42. The van der Waals surface area contributed by atoms with E-state index in [0.29, 0.717) is 13.0 Å². The number of ketones is 1. The molecule has 1 aromatic rings. The van der Waals surface area contributed by atoms with Gasteiger partial charge in [0.25, 0.3) is 0 Å². The summed E-state index contributed by atoms with van der Waals surface area (Å²) in [4.78, 5) is 12.1. The van der Waals surface area contributed by atoms with E-state index in [-0.39, 0.29) is 18.4 Å². The molecule has 3 heteroatoms. The summed E-state index contributed by atoms with van der Waals surface area (Å²) >= 11 is 0. The number of nitrogens with one attached hydrogen (secondary N) is 1.